The van der Waals surface area contributed by atoms with E-state index in [0.29, 0.717) is 30.6 Å². The number of nitrogens with one attached hydrogen (secondary N) is 2. The highest BCUT2D eigenvalue weighted by molar-refractivity contribution is 6.22. The topological polar surface area (TPSA) is 85.5 Å². The van der Waals surface area contributed by atoms with Gasteiger partial charge in [0.25, 0.3) is 11.8 Å². The molecule has 0 saturated carbocycles. The van der Waals surface area contributed by atoms with Crippen molar-refractivity contribution >= 4 is 34.4 Å². The minimum Gasteiger partial charge on any atom is -0.356 e. The Morgan fingerprint density at radius 3 is 2.40 bits per heavy atom. The van der Waals surface area contributed by atoms with Gasteiger partial charge in [-0.05, 0) is 72.5 Å². The summed E-state index contributed by atoms with van der Waals surface area (Å²) in [5, 5.41) is 3.93. The van der Waals surface area contributed by atoms with Crippen LogP contribution in [0.3, 0.4) is 0 Å². The molecule has 2 aliphatic heterocycles. The number of benzene rings is 4. The second-order valence-corrected chi connectivity index (χ2v) is 11.1. The van der Waals surface area contributed by atoms with E-state index in [-0.39, 0.29) is 23.7 Å². The van der Waals surface area contributed by atoms with Crippen LogP contribution in [0.25, 0.3) is 10.9 Å². The van der Waals surface area contributed by atoms with Crippen molar-refractivity contribution in [2.75, 3.05) is 11.4 Å². The van der Waals surface area contributed by atoms with E-state index in [4.69, 9.17) is 0 Å². The summed E-state index contributed by atoms with van der Waals surface area (Å²) < 4.78 is 13.1. The lowest BCUT2D eigenvalue weighted by Gasteiger charge is -2.36. The number of nitrogens with zero attached hydrogens (tertiary/aromatic N) is 2. The van der Waals surface area contributed by atoms with Gasteiger partial charge >= 0.3 is 6.03 Å². The van der Waals surface area contributed by atoms with Crippen molar-refractivity contribution in [2.24, 2.45) is 0 Å². The monoisotopic (exact) mass is 572 g/mol. The maximum absolute atomic E-state index is 14.1. The molecule has 0 radical (unpaired) electrons. The van der Waals surface area contributed by atoms with Crippen molar-refractivity contribution in [1.29, 1.82) is 0 Å². The summed E-state index contributed by atoms with van der Waals surface area (Å²) in [7, 11) is 0. The van der Waals surface area contributed by atoms with Gasteiger partial charge < -0.3 is 10.3 Å². The molecule has 0 spiro atoms. The van der Waals surface area contributed by atoms with Crippen LogP contribution in [0.1, 0.15) is 44.3 Å². The van der Waals surface area contributed by atoms with Crippen molar-refractivity contribution < 1.29 is 18.8 Å². The molecule has 1 saturated heterocycles. The van der Waals surface area contributed by atoms with Crippen LogP contribution in [0.5, 0.6) is 0 Å². The first-order valence-electron chi connectivity index (χ1n) is 14.3. The molecule has 8 heteroatoms. The molecule has 0 aliphatic carbocycles. The Kier molecular flexibility index (Phi) is 6.54. The van der Waals surface area contributed by atoms with E-state index in [1.165, 1.54) is 17.0 Å². The highest BCUT2D eigenvalue weighted by Crippen LogP contribution is 2.44. The van der Waals surface area contributed by atoms with Crippen LogP contribution in [-0.2, 0) is 17.6 Å². The minimum atomic E-state index is -0.653. The fourth-order valence-corrected chi connectivity index (χ4v) is 6.24. The molecule has 1 fully saturated rings. The Hall–Kier alpha value is -5.24. The number of aromatic nitrogens is 1. The van der Waals surface area contributed by atoms with Gasteiger partial charge in [0, 0.05) is 35.1 Å². The minimum absolute atomic E-state index is 0.269. The number of carbonyl (C=O) groups is 3. The Labute approximate surface area is 247 Å². The summed E-state index contributed by atoms with van der Waals surface area (Å²) in [6.07, 6.45) is 0.981. The van der Waals surface area contributed by atoms with Gasteiger partial charge in [0.05, 0.1) is 5.69 Å². The number of halogens is 1. The standard InChI is InChI=1S/C35H29FN4O3/c1-21-6-10-23(11-7-21)32-31-28(27-4-2-3-5-29(27)38-31)20-30-34(42)39(35(43)40(30)32)26-16-12-24(13-17-26)33(41)37-19-18-22-8-14-25(36)15-9-22/h2-17,30,32,38H,18-20H2,1H3,(H,37,41)/t30-,32?/m0/s1. The van der Waals surface area contributed by atoms with Gasteiger partial charge in [0.2, 0.25) is 0 Å². The summed E-state index contributed by atoms with van der Waals surface area (Å²) in [6, 6.07) is 27.3. The van der Waals surface area contributed by atoms with E-state index in [9.17, 15) is 18.8 Å². The predicted molar refractivity (Wildman–Crippen MR) is 162 cm³/mol. The van der Waals surface area contributed by atoms with Crippen LogP contribution in [0.15, 0.2) is 97.1 Å². The maximum atomic E-state index is 14.1. The zero-order valence-corrected chi connectivity index (χ0v) is 23.5. The number of amides is 4. The van der Waals surface area contributed by atoms with Crippen molar-refractivity contribution in [1.82, 2.24) is 15.2 Å². The first-order valence-corrected chi connectivity index (χ1v) is 14.3. The molecule has 7 rings (SSSR count). The number of aryl methyl sites for hydroxylation is 1. The van der Waals surface area contributed by atoms with Crippen molar-refractivity contribution in [3.8, 4) is 0 Å². The molecule has 43 heavy (non-hydrogen) atoms. The quantitative estimate of drug-likeness (QED) is 0.242. The van der Waals surface area contributed by atoms with Crippen molar-refractivity contribution in [2.45, 2.75) is 31.8 Å². The van der Waals surface area contributed by atoms with Gasteiger partial charge in [-0.1, -0.05) is 60.2 Å². The molecular weight excluding hydrogens is 543 g/mol. The first kappa shape index (κ1) is 26.6. The van der Waals surface area contributed by atoms with Crippen LogP contribution in [-0.4, -0.2) is 40.3 Å². The number of carbonyl (C=O) groups excluding carboxylic acids is 3. The lowest BCUT2D eigenvalue weighted by Crippen LogP contribution is -2.44. The van der Waals surface area contributed by atoms with E-state index in [1.807, 2.05) is 49.4 Å². The Balaban J connectivity index is 1.15. The molecular formula is C35H29FN4O3. The number of rotatable bonds is 6. The molecule has 4 amide bonds. The van der Waals surface area contributed by atoms with Crippen LogP contribution in [0.2, 0.25) is 0 Å². The maximum Gasteiger partial charge on any atom is 0.332 e. The molecule has 7 nitrogen and oxygen atoms in total. The first-order chi connectivity index (χ1) is 20.9. The third kappa shape index (κ3) is 4.65. The highest BCUT2D eigenvalue weighted by atomic mass is 19.1. The number of anilines is 1. The van der Waals surface area contributed by atoms with Gasteiger partial charge in [-0.2, -0.15) is 0 Å². The third-order valence-corrected chi connectivity index (χ3v) is 8.44. The van der Waals surface area contributed by atoms with Gasteiger partial charge in [0.1, 0.15) is 17.9 Å². The van der Waals surface area contributed by atoms with Gasteiger partial charge in [-0.25, -0.2) is 14.1 Å². The molecule has 0 bridgehead atoms. The van der Waals surface area contributed by atoms with Crippen LogP contribution in [0.4, 0.5) is 14.9 Å². The van der Waals surface area contributed by atoms with Gasteiger partial charge in [-0.15, -0.1) is 0 Å². The number of aromatic amines is 1. The summed E-state index contributed by atoms with van der Waals surface area (Å²) in [4.78, 5) is 47.2. The smallest absolute Gasteiger partial charge is 0.332 e. The number of hydrogen-bond donors (Lipinski definition) is 2. The largest absolute Gasteiger partial charge is 0.356 e. The van der Waals surface area contributed by atoms with Crippen LogP contribution < -0.4 is 10.2 Å². The number of para-hydroxylation sites is 1. The highest BCUT2D eigenvalue weighted by Gasteiger charge is 2.53. The van der Waals surface area contributed by atoms with Crippen LogP contribution in [0, 0.1) is 12.7 Å². The lowest BCUT2D eigenvalue weighted by atomic mass is 9.88. The van der Waals surface area contributed by atoms with Crippen molar-refractivity contribution in [3.63, 3.8) is 0 Å². The average molecular weight is 573 g/mol. The molecule has 5 aromatic rings. The predicted octanol–water partition coefficient (Wildman–Crippen LogP) is 6.07. The fraction of sp³-hybridized carbons (Fsp3) is 0.171. The Morgan fingerprint density at radius 2 is 1.65 bits per heavy atom. The van der Waals surface area contributed by atoms with E-state index in [0.717, 1.165) is 38.9 Å². The second-order valence-electron chi connectivity index (χ2n) is 11.1. The zero-order valence-electron chi connectivity index (χ0n) is 23.5. The number of imide groups is 1. The zero-order chi connectivity index (χ0) is 29.7. The number of H-pyrrole nitrogens is 1. The molecule has 1 unspecified atom stereocenters. The number of hydrogen-bond acceptors (Lipinski definition) is 3. The average Bonchev–Trinajstić information content (AvgIpc) is 3.51. The lowest BCUT2D eigenvalue weighted by molar-refractivity contribution is -0.120. The molecule has 1 aromatic heterocycles. The van der Waals surface area contributed by atoms with Crippen molar-refractivity contribution in [3.05, 3.63) is 136 Å². The molecule has 2 aliphatic rings. The molecule has 2 atom stereocenters. The van der Waals surface area contributed by atoms with Gasteiger partial charge in [-0.3, -0.25) is 14.5 Å². The molecule has 3 heterocycles. The normalized spacial score (nSPS) is 17.7. The Bertz CT molecular complexity index is 1860. The SMILES string of the molecule is Cc1ccc(C2c3[nH]c4ccccc4c3C[C@H]3C(=O)N(c4ccc(C(=O)NCCc5ccc(F)cc5)cc4)C(=O)N23)cc1. The Morgan fingerprint density at radius 1 is 0.930 bits per heavy atom. The molecule has 2 N–H and O–H groups in total. The van der Waals surface area contributed by atoms with E-state index < -0.39 is 12.1 Å². The number of urea groups is 1. The second kappa shape index (κ2) is 10.5. The summed E-state index contributed by atoms with van der Waals surface area (Å²) in [6.45, 7) is 2.41. The van der Waals surface area contributed by atoms with E-state index in [2.05, 4.69) is 16.4 Å². The molecule has 4 aromatic carbocycles. The summed E-state index contributed by atoms with van der Waals surface area (Å²) >= 11 is 0. The van der Waals surface area contributed by atoms with Gasteiger partial charge in [0.15, 0.2) is 0 Å². The summed E-state index contributed by atoms with van der Waals surface area (Å²) in [5.41, 5.74) is 6.76. The summed E-state index contributed by atoms with van der Waals surface area (Å²) in [5.74, 6) is -0.851. The van der Waals surface area contributed by atoms with E-state index in [1.54, 1.807) is 41.3 Å². The van der Waals surface area contributed by atoms with E-state index >= 15 is 0 Å². The third-order valence-electron chi connectivity index (χ3n) is 8.44. The fourth-order valence-electron chi connectivity index (χ4n) is 6.24. The van der Waals surface area contributed by atoms with Crippen LogP contribution >= 0.6 is 0 Å². The molecule has 214 valence electrons. The number of fused-ring (bicyclic) bond motifs is 4.